The van der Waals surface area contributed by atoms with Crippen molar-refractivity contribution in [2.45, 2.75) is 40.2 Å². The molecule has 4 aromatic carbocycles. The lowest BCUT2D eigenvalue weighted by Crippen LogP contribution is -2.31. The second kappa shape index (κ2) is 10.8. The lowest BCUT2D eigenvalue weighted by molar-refractivity contribution is -0.384. The molecule has 1 aliphatic rings. The Morgan fingerprint density at radius 2 is 1.70 bits per heavy atom. The smallest absolute Gasteiger partial charge is 0.269 e. The number of nitrogens with one attached hydrogen (secondary N) is 1. The molecule has 8 heteroatoms. The molecule has 0 bridgehead atoms. The maximum Gasteiger partial charge on any atom is 0.269 e. The Kier molecular flexibility index (Phi) is 7.26. The normalized spacial score (nSPS) is 14.0. The van der Waals surface area contributed by atoms with Crippen LogP contribution in [0.3, 0.4) is 0 Å². The molecule has 1 aliphatic heterocycles. The average Bonchev–Trinajstić information content (AvgIpc) is 2.92. The summed E-state index contributed by atoms with van der Waals surface area (Å²) in [4.78, 5) is 12.9. The zero-order valence-electron chi connectivity index (χ0n) is 23.4. The van der Waals surface area contributed by atoms with E-state index in [2.05, 4.69) is 85.4 Å². The number of non-ortho nitro benzene ring substituents is 1. The largest absolute Gasteiger partial charge is 0.454 e. The van der Waals surface area contributed by atoms with Crippen molar-refractivity contribution in [3.63, 3.8) is 0 Å². The summed E-state index contributed by atoms with van der Waals surface area (Å²) >= 11 is 0. The highest BCUT2D eigenvalue weighted by Crippen LogP contribution is 2.44. The maximum absolute atomic E-state index is 11.0. The molecule has 0 saturated heterocycles. The van der Waals surface area contributed by atoms with Gasteiger partial charge in [0.15, 0.2) is 5.75 Å². The Morgan fingerprint density at radius 3 is 2.40 bits per heavy atom. The minimum Gasteiger partial charge on any atom is -0.454 e. The Hall–Kier alpha value is -4.72. The molecule has 0 unspecified atom stereocenters. The number of nitro benzene ring substituents is 1. The summed E-state index contributed by atoms with van der Waals surface area (Å²) in [5.74, 6) is 1.28. The van der Waals surface area contributed by atoms with Gasteiger partial charge in [0.1, 0.15) is 11.4 Å². The molecule has 1 N–H and O–H groups in total. The van der Waals surface area contributed by atoms with Gasteiger partial charge in [0.05, 0.1) is 16.1 Å². The van der Waals surface area contributed by atoms with Crippen molar-refractivity contribution < 1.29 is 9.66 Å². The van der Waals surface area contributed by atoms with Gasteiger partial charge < -0.3 is 15.0 Å². The van der Waals surface area contributed by atoms with E-state index in [4.69, 9.17) is 4.74 Å². The van der Waals surface area contributed by atoms with Crippen molar-refractivity contribution >= 4 is 44.8 Å². The number of rotatable bonds is 8. The van der Waals surface area contributed by atoms with Crippen LogP contribution in [-0.2, 0) is 0 Å². The summed E-state index contributed by atoms with van der Waals surface area (Å²) in [5, 5.41) is 25.6. The number of benzene rings is 4. The van der Waals surface area contributed by atoms with Gasteiger partial charge in [-0.05, 0) is 88.0 Å². The van der Waals surface area contributed by atoms with E-state index in [9.17, 15) is 10.1 Å². The van der Waals surface area contributed by atoms with E-state index in [1.165, 1.54) is 17.8 Å². The van der Waals surface area contributed by atoms with Crippen molar-refractivity contribution in [1.29, 1.82) is 0 Å². The minimum atomic E-state index is -0.435. The highest BCUT2D eigenvalue weighted by molar-refractivity contribution is 5.91. The first-order valence-corrected chi connectivity index (χ1v) is 13.4. The van der Waals surface area contributed by atoms with Crippen molar-refractivity contribution in [3.8, 4) is 11.5 Å². The standard InChI is InChI=1S/C32H33N5O3/c1-6-36(7-2)25-15-16-26-22(17-25)9-8-10-30(26)40-31-19-28-27(21(3)20-32(4,5)33-28)18-29(31)35-34-23-11-13-24(14-12-23)37(38)39/h8-20,33H,6-7H2,1-5H3. The lowest BCUT2D eigenvalue weighted by atomic mass is 9.91. The number of fused-ring (bicyclic) bond motifs is 2. The zero-order valence-corrected chi connectivity index (χ0v) is 23.4. The summed E-state index contributed by atoms with van der Waals surface area (Å²) in [6.07, 6.45) is 2.19. The average molecular weight is 536 g/mol. The number of nitrogens with zero attached hydrogens (tertiary/aromatic N) is 4. The molecule has 0 amide bonds. The minimum absolute atomic E-state index is 0.00584. The molecule has 40 heavy (non-hydrogen) atoms. The van der Waals surface area contributed by atoms with Crippen LogP contribution in [0.4, 0.5) is 28.4 Å². The van der Waals surface area contributed by atoms with E-state index in [1.807, 2.05) is 24.3 Å². The van der Waals surface area contributed by atoms with Crippen LogP contribution >= 0.6 is 0 Å². The summed E-state index contributed by atoms with van der Waals surface area (Å²) in [7, 11) is 0. The van der Waals surface area contributed by atoms with E-state index in [-0.39, 0.29) is 11.2 Å². The highest BCUT2D eigenvalue weighted by atomic mass is 16.6. The van der Waals surface area contributed by atoms with Crippen LogP contribution in [0.1, 0.15) is 40.2 Å². The fourth-order valence-electron chi connectivity index (χ4n) is 5.15. The van der Waals surface area contributed by atoms with Gasteiger partial charge in [0.25, 0.3) is 5.69 Å². The molecule has 0 atom stereocenters. The predicted octanol–water partition coefficient (Wildman–Crippen LogP) is 9.41. The highest BCUT2D eigenvalue weighted by Gasteiger charge is 2.25. The molecule has 204 valence electrons. The molecule has 0 spiro atoms. The Labute approximate surface area is 234 Å². The SMILES string of the molecule is CCN(CC)c1ccc2c(Oc3cc4c(cc3N=Nc3ccc([N+](=O)[O-])cc3)C(C)=CC(C)(C)N4)cccc2c1. The summed E-state index contributed by atoms with van der Waals surface area (Å²) in [5.41, 5.74) is 5.14. The van der Waals surface area contributed by atoms with Crippen molar-refractivity contribution in [2.75, 3.05) is 23.3 Å². The third-order valence-corrected chi connectivity index (χ3v) is 7.06. The van der Waals surface area contributed by atoms with Gasteiger partial charge in [0.2, 0.25) is 0 Å². The first kappa shape index (κ1) is 26.9. The Morgan fingerprint density at radius 1 is 0.950 bits per heavy atom. The van der Waals surface area contributed by atoms with Crippen molar-refractivity contribution in [2.24, 2.45) is 10.2 Å². The summed E-state index contributed by atoms with van der Waals surface area (Å²) in [6.45, 7) is 12.5. The van der Waals surface area contributed by atoms with Crippen LogP contribution < -0.4 is 15.0 Å². The van der Waals surface area contributed by atoms with E-state index >= 15 is 0 Å². The van der Waals surface area contributed by atoms with E-state index in [1.54, 1.807) is 12.1 Å². The van der Waals surface area contributed by atoms with E-state index in [0.717, 1.165) is 46.4 Å². The second-order valence-corrected chi connectivity index (χ2v) is 10.4. The first-order chi connectivity index (χ1) is 19.2. The molecule has 8 nitrogen and oxygen atoms in total. The molecule has 5 rings (SSSR count). The maximum atomic E-state index is 11.0. The van der Waals surface area contributed by atoms with Crippen LogP contribution in [0.25, 0.3) is 16.3 Å². The molecule has 0 saturated carbocycles. The number of nitro groups is 1. The van der Waals surface area contributed by atoms with Gasteiger partial charge in [-0.15, -0.1) is 5.11 Å². The van der Waals surface area contributed by atoms with E-state index < -0.39 is 4.92 Å². The molecule has 0 fully saturated rings. The fourth-order valence-corrected chi connectivity index (χ4v) is 5.15. The Bertz CT molecular complexity index is 1640. The van der Waals surface area contributed by atoms with Gasteiger partial charge in [-0.2, -0.15) is 5.11 Å². The number of hydrogen-bond donors (Lipinski definition) is 1. The molecule has 0 aromatic heterocycles. The lowest BCUT2D eigenvalue weighted by Gasteiger charge is -2.32. The van der Waals surface area contributed by atoms with Crippen LogP contribution in [0.15, 0.2) is 89.1 Å². The number of anilines is 2. The molecule has 0 radical (unpaired) electrons. The second-order valence-electron chi connectivity index (χ2n) is 10.4. The van der Waals surface area contributed by atoms with Crippen LogP contribution in [0, 0.1) is 10.1 Å². The molecule has 4 aromatic rings. The summed E-state index contributed by atoms with van der Waals surface area (Å²) < 4.78 is 6.57. The van der Waals surface area contributed by atoms with Gasteiger partial charge in [-0.1, -0.05) is 18.2 Å². The quantitative estimate of drug-likeness (QED) is 0.138. The van der Waals surface area contributed by atoms with Gasteiger partial charge in [0, 0.05) is 53.6 Å². The van der Waals surface area contributed by atoms with Gasteiger partial charge >= 0.3 is 0 Å². The third kappa shape index (κ3) is 5.52. The van der Waals surface area contributed by atoms with Crippen LogP contribution in [0.5, 0.6) is 11.5 Å². The fraction of sp³-hybridized carbons (Fsp3) is 0.250. The van der Waals surface area contributed by atoms with Gasteiger partial charge in [-0.3, -0.25) is 10.1 Å². The predicted molar refractivity (Wildman–Crippen MR) is 163 cm³/mol. The van der Waals surface area contributed by atoms with Crippen LogP contribution in [0.2, 0.25) is 0 Å². The number of hydrogen-bond acceptors (Lipinski definition) is 7. The summed E-state index contributed by atoms with van der Waals surface area (Å²) in [6, 6.07) is 22.4. The third-order valence-electron chi connectivity index (χ3n) is 7.06. The first-order valence-electron chi connectivity index (χ1n) is 13.4. The Balaban J connectivity index is 1.57. The molecule has 1 heterocycles. The van der Waals surface area contributed by atoms with Gasteiger partial charge in [-0.25, -0.2) is 0 Å². The molecular weight excluding hydrogens is 502 g/mol. The topological polar surface area (TPSA) is 92.4 Å². The van der Waals surface area contributed by atoms with Crippen LogP contribution in [-0.4, -0.2) is 23.6 Å². The monoisotopic (exact) mass is 535 g/mol. The van der Waals surface area contributed by atoms with Crippen molar-refractivity contribution in [3.05, 3.63) is 94.6 Å². The van der Waals surface area contributed by atoms with Crippen molar-refractivity contribution in [1.82, 2.24) is 0 Å². The van der Waals surface area contributed by atoms with E-state index in [0.29, 0.717) is 17.1 Å². The number of allylic oxidation sites excluding steroid dienone is 1. The number of azo groups is 1. The number of ether oxygens (including phenoxy) is 1. The zero-order chi connectivity index (χ0) is 28.4. The molecular formula is C32H33N5O3. The molecule has 0 aliphatic carbocycles.